The smallest absolute Gasteiger partial charge is 0.191 e. The van der Waals surface area contributed by atoms with Crippen LogP contribution in [0, 0.1) is 6.92 Å². The zero-order chi connectivity index (χ0) is 16.4. The number of hydrogen-bond acceptors (Lipinski definition) is 3. The highest BCUT2D eigenvalue weighted by Crippen LogP contribution is 2.36. The van der Waals surface area contributed by atoms with Crippen molar-refractivity contribution in [1.29, 1.82) is 0 Å². The third kappa shape index (κ3) is 4.88. The van der Waals surface area contributed by atoms with Gasteiger partial charge in [-0.05, 0) is 47.1 Å². The van der Waals surface area contributed by atoms with E-state index in [-0.39, 0.29) is 16.0 Å². The lowest BCUT2D eigenvalue weighted by atomic mass is 10.1. The molecule has 0 unspecified atom stereocenters. The van der Waals surface area contributed by atoms with E-state index in [2.05, 4.69) is 54.8 Å². The molecular formula is C15H23BrClNO2Si. The molecule has 118 valence electrons. The number of pyridine rings is 1. The largest absolute Gasteiger partial charge is 0.416 e. The number of carbonyl (C=O) groups is 1. The second kappa shape index (κ2) is 6.90. The third-order valence-electron chi connectivity index (χ3n) is 3.93. The number of Topliss-reactive ketones (excluding diaryl/α,β-unsaturated/α-hetero) is 1. The van der Waals surface area contributed by atoms with E-state index in [1.165, 1.54) is 0 Å². The van der Waals surface area contributed by atoms with Gasteiger partial charge in [0.05, 0.1) is 5.56 Å². The number of aromatic nitrogens is 1. The molecule has 0 bridgehead atoms. The summed E-state index contributed by atoms with van der Waals surface area (Å²) in [6.45, 7) is 13.1. The lowest BCUT2D eigenvalue weighted by molar-refractivity contribution is 0.0958. The number of aryl methyl sites for hydroxylation is 1. The van der Waals surface area contributed by atoms with Crippen molar-refractivity contribution < 1.29 is 9.22 Å². The van der Waals surface area contributed by atoms with Crippen LogP contribution in [0.15, 0.2) is 10.5 Å². The van der Waals surface area contributed by atoms with Crippen LogP contribution in [-0.4, -0.2) is 25.7 Å². The molecule has 0 aliphatic heterocycles. The Balaban J connectivity index is 2.72. The Kier molecular flexibility index (Phi) is 6.18. The molecule has 6 heteroatoms. The van der Waals surface area contributed by atoms with Gasteiger partial charge in [-0.3, -0.25) is 4.79 Å². The fourth-order valence-corrected chi connectivity index (χ4v) is 3.83. The zero-order valence-electron chi connectivity index (χ0n) is 13.5. The Hall–Kier alpha value is -0.233. The molecule has 1 rings (SSSR count). The fourth-order valence-electron chi connectivity index (χ4n) is 1.59. The predicted octanol–water partition coefficient (Wildman–Crippen LogP) is 5.40. The summed E-state index contributed by atoms with van der Waals surface area (Å²) in [7, 11) is -1.82. The highest BCUT2D eigenvalue weighted by atomic mass is 79.9. The second-order valence-electron chi connectivity index (χ2n) is 6.69. The molecule has 0 aliphatic carbocycles. The molecule has 0 saturated carbocycles. The maximum Gasteiger partial charge on any atom is 0.191 e. The minimum Gasteiger partial charge on any atom is -0.416 e. The van der Waals surface area contributed by atoms with Crippen molar-refractivity contribution in [3.63, 3.8) is 0 Å². The van der Waals surface area contributed by atoms with E-state index in [0.717, 1.165) is 5.69 Å². The summed E-state index contributed by atoms with van der Waals surface area (Å²) in [5.74, 6) is -0.0434. The van der Waals surface area contributed by atoms with Crippen molar-refractivity contribution in [2.45, 2.75) is 52.2 Å². The molecule has 0 amide bonds. The lowest BCUT2D eigenvalue weighted by Crippen LogP contribution is -2.41. The van der Waals surface area contributed by atoms with E-state index < -0.39 is 8.32 Å². The van der Waals surface area contributed by atoms with Gasteiger partial charge < -0.3 is 4.43 Å². The Bertz CT molecular complexity index is 518. The highest BCUT2D eigenvalue weighted by molar-refractivity contribution is 9.10. The van der Waals surface area contributed by atoms with Gasteiger partial charge in [0.15, 0.2) is 14.1 Å². The number of hydrogen-bond donors (Lipinski definition) is 0. The van der Waals surface area contributed by atoms with Crippen LogP contribution < -0.4 is 0 Å². The van der Waals surface area contributed by atoms with Gasteiger partial charge in [-0.1, -0.05) is 32.4 Å². The first-order valence-electron chi connectivity index (χ1n) is 6.95. The number of nitrogens with zero attached hydrogens (tertiary/aromatic N) is 1. The van der Waals surface area contributed by atoms with Gasteiger partial charge in [-0.2, -0.15) is 0 Å². The van der Waals surface area contributed by atoms with Crippen LogP contribution in [-0.2, 0) is 4.43 Å². The molecule has 0 saturated heterocycles. The Morgan fingerprint density at radius 2 is 2.00 bits per heavy atom. The van der Waals surface area contributed by atoms with Crippen molar-refractivity contribution >= 4 is 41.6 Å². The van der Waals surface area contributed by atoms with Crippen LogP contribution in [0.1, 0.15) is 43.2 Å². The average molecular weight is 393 g/mol. The highest BCUT2D eigenvalue weighted by Gasteiger charge is 2.37. The fraction of sp³-hybridized carbons (Fsp3) is 0.600. The van der Waals surface area contributed by atoms with Gasteiger partial charge in [0.2, 0.25) is 0 Å². The minimum atomic E-state index is -1.82. The molecule has 0 radical (unpaired) electrons. The summed E-state index contributed by atoms with van der Waals surface area (Å²) in [5, 5.41) is 0.388. The van der Waals surface area contributed by atoms with Crippen molar-refractivity contribution in [1.82, 2.24) is 4.98 Å². The van der Waals surface area contributed by atoms with Gasteiger partial charge in [0, 0.05) is 23.2 Å². The summed E-state index contributed by atoms with van der Waals surface area (Å²) >= 11 is 9.46. The Morgan fingerprint density at radius 3 is 2.48 bits per heavy atom. The van der Waals surface area contributed by atoms with Crippen molar-refractivity contribution in [3.8, 4) is 0 Å². The van der Waals surface area contributed by atoms with E-state index in [1.54, 1.807) is 6.07 Å². The molecule has 0 atom stereocenters. The third-order valence-corrected chi connectivity index (χ3v) is 9.37. The molecule has 0 spiro atoms. The molecule has 1 aromatic rings. The predicted molar refractivity (Wildman–Crippen MR) is 93.8 cm³/mol. The number of carbonyl (C=O) groups excluding carboxylic acids is 1. The first kappa shape index (κ1) is 18.8. The standard InChI is InChI=1S/C15H23BrClNO2Si/c1-10-9-11(16)13(14(17)18-10)12(19)7-8-20-21(5,6)15(2,3)4/h9H,7-8H2,1-6H3. The van der Waals surface area contributed by atoms with Crippen LogP contribution in [0.4, 0.5) is 0 Å². The van der Waals surface area contributed by atoms with E-state index in [4.69, 9.17) is 16.0 Å². The molecule has 0 fully saturated rings. The van der Waals surface area contributed by atoms with E-state index >= 15 is 0 Å². The maximum atomic E-state index is 12.3. The minimum absolute atomic E-state index is 0.0434. The van der Waals surface area contributed by atoms with E-state index in [9.17, 15) is 4.79 Å². The van der Waals surface area contributed by atoms with Crippen molar-refractivity contribution in [2.75, 3.05) is 6.61 Å². The monoisotopic (exact) mass is 391 g/mol. The van der Waals surface area contributed by atoms with Gasteiger partial charge in [-0.15, -0.1) is 0 Å². The molecule has 1 heterocycles. The van der Waals surface area contributed by atoms with Crippen molar-refractivity contribution in [3.05, 3.63) is 26.9 Å². The summed E-state index contributed by atoms with van der Waals surface area (Å²) in [6, 6.07) is 1.80. The maximum absolute atomic E-state index is 12.3. The summed E-state index contributed by atoms with van der Waals surface area (Å²) < 4.78 is 6.72. The summed E-state index contributed by atoms with van der Waals surface area (Å²) in [5.41, 5.74) is 1.22. The molecule has 1 aromatic heterocycles. The SMILES string of the molecule is Cc1cc(Br)c(C(=O)CCO[Si](C)(C)C(C)(C)C)c(Cl)n1. The van der Waals surface area contributed by atoms with Gasteiger partial charge in [0.25, 0.3) is 0 Å². The summed E-state index contributed by atoms with van der Waals surface area (Å²) in [4.78, 5) is 16.4. The normalized spacial score (nSPS) is 12.6. The molecule has 0 aromatic carbocycles. The zero-order valence-corrected chi connectivity index (χ0v) is 16.9. The first-order chi connectivity index (χ1) is 9.45. The van der Waals surface area contributed by atoms with Crippen LogP contribution in [0.5, 0.6) is 0 Å². The van der Waals surface area contributed by atoms with E-state index in [0.29, 0.717) is 23.1 Å². The van der Waals surface area contributed by atoms with Crippen LogP contribution >= 0.6 is 27.5 Å². The lowest BCUT2D eigenvalue weighted by Gasteiger charge is -2.36. The van der Waals surface area contributed by atoms with Gasteiger partial charge >= 0.3 is 0 Å². The quantitative estimate of drug-likeness (QED) is 0.382. The van der Waals surface area contributed by atoms with Gasteiger partial charge in [-0.25, -0.2) is 4.98 Å². The topological polar surface area (TPSA) is 39.2 Å². The van der Waals surface area contributed by atoms with Crippen LogP contribution in [0.25, 0.3) is 0 Å². The van der Waals surface area contributed by atoms with Crippen LogP contribution in [0.2, 0.25) is 23.3 Å². The Morgan fingerprint density at radius 1 is 1.43 bits per heavy atom. The number of ketones is 1. The molecule has 0 N–H and O–H groups in total. The van der Waals surface area contributed by atoms with E-state index in [1.807, 2.05) is 6.92 Å². The number of rotatable bonds is 5. The molecular weight excluding hydrogens is 370 g/mol. The molecule has 21 heavy (non-hydrogen) atoms. The number of halogens is 2. The summed E-state index contributed by atoms with van der Waals surface area (Å²) in [6.07, 6.45) is 0.315. The average Bonchev–Trinajstić information content (AvgIpc) is 2.25. The van der Waals surface area contributed by atoms with Crippen molar-refractivity contribution in [2.24, 2.45) is 0 Å². The second-order valence-corrected chi connectivity index (χ2v) is 12.7. The molecule has 3 nitrogen and oxygen atoms in total. The molecule has 0 aliphatic rings. The van der Waals surface area contributed by atoms with Crippen LogP contribution in [0.3, 0.4) is 0 Å². The first-order valence-corrected chi connectivity index (χ1v) is 11.0. The van der Waals surface area contributed by atoms with Gasteiger partial charge in [0.1, 0.15) is 5.15 Å². The Labute approximate surface area is 141 Å².